The molecule has 0 amide bonds. The first kappa shape index (κ1) is 12.6. The van der Waals surface area contributed by atoms with Crippen LogP contribution < -0.4 is 5.32 Å². The fourth-order valence-corrected chi connectivity index (χ4v) is 3.51. The Labute approximate surface area is 110 Å². The highest BCUT2D eigenvalue weighted by Crippen LogP contribution is 2.20. The number of hydrogen-bond donors (Lipinski definition) is 1. The van der Waals surface area contributed by atoms with Crippen LogP contribution in [0.25, 0.3) is 0 Å². The highest BCUT2D eigenvalue weighted by molar-refractivity contribution is 9.11. The molecule has 0 bridgehead atoms. The molecule has 2 heterocycles. The van der Waals surface area contributed by atoms with Crippen LogP contribution in [0.15, 0.2) is 15.2 Å². The van der Waals surface area contributed by atoms with E-state index in [9.17, 15) is 0 Å². The standard InChI is InChI=1S/C12H19BrN2S/c1-15-4-2-3-10(8-15)6-14-7-11-5-12(13)16-9-11/h5,9-10,14H,2-4,6-8H2,1H3. The summed E-state index contributed by atoms with van der Waals surface area (Å²) in [6.07, 6.45) is 2.73. The maximum absolute atomic E-state index is 3.56. The Kier molecular flexibility index (Phi) is 4.82. The molecule has 90 valence electrons. The molecule has 2 nitrogen and oxygen atoms in total. The monoisotopic (exact) mass is 302 g/mol. The molecule has 16 heavy (non-hydrogen) atoms. The van der Waals surface area contributed by atoms with Gasteiger partial charge in [-0.05, 0) is 71.8 Å². The smallest absolute Gasteiger partial charge is 0.0701 e. The summed E-state index contributed by atoms with van der Waals surface area (Å²) in [5.74, 6) is 0.834. The normalized spacial score (nSPS) is 22.5. The molecule has 0 aromatic carbocycles. The summed E-state index contributed by atoms with van der Waals surface area (Å²) in [7, 11) is 2.22. The molecule has 1 unspecified atom stereocenters. The van der Waals surface area contributed by atoms with Gasteiger partial charge < -0.3 is 10.2 Å². The zero-order valence-corrected chi connectivity index (χ0v) is 12.1. The summed E-state index contributed by atoms with van der Waals surface area (Å²) in [4.78, 5) is 2.44. The van der Waals surface area contributed by atoms with Crippen LogP contribution in [-0.2, 0) is 6.54 Å². The van der Waals surface area contributed by atoms with Crippen molar-refractivity contribution in [1.29, 1.82) is 0 Å². The van der Waals surface area contributed by atoms with Gasteiger partial charge in [-0.2, -0.15) is 0 Å². The lowest BCUT2D eigenvalue weighted by Crippen LogP contribution is -2.37. The number of rotatable bonds is 4. The van der Waals surface area contributed by atoms with Crippen molar-refractivity contribution in [3.05, 3.63) is 20.8 Å². The van der Waals surface area contributed by atoms with E-state index in [1.165, 1.54) is 35.3 Å². The maximum atomic E-state index is 3.56. The minimum absolute atomic E-state index is 0.834. The van der Waals surface area contributed by atoms with Crippen LogP contribution in [0.2, 0.25) is 0 Å². The van der Waals surface area contributed by atoms with Crippen LogP contribution in [0.4, 0.5) is 0 Å². The summed E-state index contributed by atoms with van der Waals surface area (Å²) in [6.45, 7) is 4.68. The molecule has 0 radical (unpaired) electrons. The van der Waals surface area contributed by atoms with E-state index in [0.717, 1.165) is 19.0 Å². The lowest BCUT2D eigenvalue weighted by Gasteiger charge is -2.29. The van der Waals surface area contributed by atoms with E-state index < -0.39 is 0 Å². The zero-order valence-electron chi connectivity index (χ0n) is 9.71. The topological polar surface area (TPSA) is 15.3 Å². The fraction of sp³-hybridized carbons (Fsp3) is 0.667. The van der Waals surface area contributed by atoms with Crippen molar-refractivity contribution < 1.29 is 0 Å². The second-order valence-corrected chi connectivity index (χ2v) is 6.95. The molecular formula is C12H19BrN2S. The summed E-state index contributed by atoms with van der Waals surface area (Å²) >= 11 is 5.25. The third kappa shape index (κ3) is 3.84. The van der Waals surface area contributed by atoms with Gasteiger partial charge in [0.25, 0.3) is 0 Å². The quantitative estimate of drug-likeness (QED) is 0.920. The largest absolute Gasteiger partial charge is 0.312 e. The van der Waals surface area contributed by atoms with Gasteiger partial charge in [-0.1, -0.05) is 0 Å². The third-order valence-electron chi connectivity index (χ3n) is 3.11. The SMILES string of the molecule is CN1CCCC(CNCc2csc(Br)c2)C1. The molecule has 1 aliphatic heterocycles. The van der Waals surface area contributed by atoms with Gasteiger partial charge >= 0.3 is 0 Å². The molecule has 1 saturated heterocycles. The van der Waals surface area contributed by atoms with Crippen LogP contribution >= 0.6 is 27.3 Å². The molecule has 1 fully saturated rings. The molecule has 1 aliphatic rings. The van der Waals surface area contributed by atoms with Crippen LogP contribution in [0, 0.1) is 5.92 Å². The molecular weight excluding hydrogens is 284 g/mol. The van der Waals surface area contributed by atoms with Crippen molar-refractivity contribution in [1.82, 2.24) is 10.2 Å². The van der Waals surface area contributed by atoms with Gasteiger partial charge in [0.05, 0.1) is 3.79 Å². The molecule has 1 aromatic rings. The predicted molar refractivity (Wildman–Crippen MR) is 73.9 cm³/mol. The Balaban J connectivity index is 1.67. The Morgan fingerprint density at radius 3 is 3.19 bits per heavy atom. The summed E-state index contributed by atoms with van der Waals surface area (Å²) in [5, 5.41) is 5.78. The zero-order chi connectivity index (χ0) is 11.4. The molecule has 4 heteroatoms. The maximum Gasteiger partial charge on any atom is 0.0701 e. The first-order valence-corrected chi connectivity index (χ1v) is 7.53. The minimum Gasteiger partial charge on any atom is -0.312 e. The first-order chi connectivity index (χ1) is 7.74. The van der Waals surface area contributed by atoms with Crippen LogP contribution in [0.1, 0.15) is 18.4 Å². The average molecular weight is 303 g/mol. The Morgan fingerprint density at radius 1 is 1.62 bits per heavy atom. The van der Waals surface area contributed by atoms with Gasteiger partial charge in [-0.15, -0.1) is 11.3 Å². The van der Waals surface area contributed by atoms with Crippen molar-refractivity contribution in [3.63, 3.8) is 0 Å². The van der Waals surface area contributed by atoms with Crippen molar-refractivity contribution in [2.45, 2.75) is 19.4 Å². The van der Waals surface area contributed by atoms with Crippen LogP contribution in [-0.4, -0.2) is 31.6 Å². The second kappa shape index (κ2) is 6.15. The molecule has 2 rings (SSSR count). The Hall–Kier alpha value is 0.100. The summed E-state index contributed by atoms with van der Waals surface area (Å²) < 4.78 is 1.22. The molecule has 0 saturated carbocycles. The van der Waals surface area contributed by atoms with Gasteiger partial charge in [0.2, 0.25) is 0 Å². The van der Waals surface area contributed by atoms with E-state index >= 15 is 0 Å². The minimum atomic E-state index is 0.834. The molecule has 1 atom stereocenters. The number of likely N-dealkylation sites (tertiary alicyclic amines) is 1. The van der Waals surface area contributed by atoms with Crippen molar-refractivity contribution in [2.75, 3.05) is 26.7 Å². The van der Waals surface area contributed by atoms with E-state index in [1.807, 2.05) is 0 Å². The van der Waals surface area contributed by atoms with Gasteiger partial charge in [-0.3, -0.25) is 0 Å². The van der Waals surface area contributed by atoms with Gasteiger partial charge in [0.1, 0.15) is 0 Å². The average Bonchev–Trinajstić information content (AvgIpc) is 2.64. The van der Waals surface area contributed by atoms with E-state index in [0.29, 0.717) is 0 Å². The van der Waals surface area contributed by atoms with E-state index in [2.05, 4.69) is 44.6 Å². The second-order valence-electron chi connectivity index (χ2n) is 4.66. The Morgan fingerprint density at radius 2 is 2.50 bits per heavy atom. The van der Waals surface area contributed by atoms with Crippen LogP contribution in [0.5, 0.6) is 0 Å². The van der Waals surface area contributed by atoms with Gasteiger partial charge in [0.15, 0.2) is 0 Å². The Bertz CT molecular complexity index is 327. The van der Waals surface area contributed by atoms with E-state index in [1.54, 1.807) is 11.3 Å². The lowest BCUT2D eigenvalue weighted by molar-refractivity contribution is 0.206. The number of nitrogens with one attached hydrogen (secondary N) is 1. The summed E-state index contributed by atoms with van der Waals surface area (Å²) in [5.41, 5.74) is 1.39. The van der Waals surface area contributed by atoms with E-state index in [-0.39, 0.29) is 0 Å². The van der Waals surface area contributed by atoms with Crippen molar-refractivity contribution >= 4 is 27.3 Å². The van der Waals surface area contributed by atoms with Crippen LogP contribution in [0.3, 0.4) is 0 Å². The summed E-state index contributed by atoms with van der Waals surface area (Å²) in [6, 6.07) is 2.20. The number of nitrogens with zero attached hydrogens (tertiary/aromatic N) is 1. The third-order valence-corrected chi connectivity index (χ3v) is 4.66. The lowest BCUT2D eigenvalue weighted by atomic mass is 9.98. The van der Waals surface area contributed by atoms with Gasteiger partial charge in [-0.25, -0.2) is 0 Å². The number of thiophene rings is 1. The first-order valence-electron chi connectivity index (χ1n) is 5.86. The number of hydrogen-bond acceptors (Lipinski definition) is 3. The van der Waals surface area contributed by atoms with Crippen molar-refractivity contribution in [2.24, 2.45) is 5.92 Å². The highest BCUT2D eigenvalue weighted by Gasteiger charge is 2.16. The molecule has 0 spiro atoms. The highest BCUT2D eigenvalue weighted by atomic mass is 79.9. The number of halogens is 1. The predicted octanol–water partition coefficient (Wildman–Crippen LogP) is 2.94. The fourth-order valence-electron chi connectivity index (χ4n) is 2.30. The molecule has 0 aliphatic carbocycles. The van der Waals surface area contributed by atoms with Gasteiger partial charge in [0, 0.05) is 13.1 Å². The van der Waals surface area contributed by atoms with Crippen molar-refractivity contribution in [3.8, 4) is 0 Å². The van der Waals surface area contributed by atoms with E-state index in [4.69, 9.17) is 0 Å². The molecule has 1 N–H and O–H groups in total. The molecule has 1 aromatic heterocycles. The number of piperidine rings is 1.